The number of amides is 1. The van der Waals surface area contributed by atoms with Gasteiger partial charge in [0.1, 0.15) is 5.82 Å². The summed E-state index contributed by atoms with van der Waals surface area (Å²) in [6.07, 6.45) is 0.782. The Balaban J connectivity index is 0.00000261. The van der Waals surface area contributed by atoms with Crippen LogP contribution in [0.5, 0.6) is 0 Å². The highest BCUT2D eigenvalue weighted by molar-refractivity contribution is 7.22. The molecule has 27 heavy (non-hydrogen) atoms. The van der Waals surface area contributed by atoms with Gasteiger partial charge < -0.3 is 4.90 Å². The molecule has 0 aliphatic heterocycles. The first-order valence-electron chi connectivity index (χ1n) is 8.22. The molecule has 0 aliphatic carbocycles. The van der Waals surface area contributed by atoms with E-state index in [2.05, 4.69) is 9.88 Å². The lowest BCUT2D eigenvalue weighted by molar-refractivity contribution is 0.0985. The van der Waals surface area contributed by atoms with E-state index in [9.17, 15) is 9.18 Å². The maximum absolute atomic E-state index is 13.6. The van der Waals surface area contributed by atoms with Crippen LogP contribution in [-0.2, 0) is 0 Å². The standard InChI is InChI=1S/C19H19ClFN3OS.ClH/c1-23(2)9-4-10-24(18(25)13-5-3-6-15(21)11-13)19-22-16-8-7-14(20)12-17(16)26-19;/h3,5-8,11-12H,4,9-10H2,1-2H3;1H. The third-order valence-corrected chi connectivity index (χ3v) is 5.15. The highest BCUT2D eigenvalue weighted by Gasteiger charge is 2.21. The van der Waals surface area contributed by atoms with Crippen molar-refractivity contribution in [2.45, 2.75) is 6.42 Å². The first kappa shape index (κ1) is 21.6. The average molecular weight is 428 g/mol. The zero-order chi connectivity index (χ0) is 18.7. The maximum Gasteiger partial charge on any atom is 0.260 e. The van der Waals surface area contributed by atoms with Crippen LogP contribution in [0, 0.1) is 5.82 Å². The highest BCUT2D eigenvalue weighted by atomic mass is 35.5. The zero-order valence-corrected chi connectivity index (χ0v) is 17.4. The minimum Gasteiger partial charge on any atom is -0.309 e. The second kappa shape index (κ2) is 9.46. The molecule has 0 bridgehead atoms. The second-order valence-corrected chi connectivity index (χ2v) is 7.68. The number of nitrogens with zero attached hydrogens (tertiary/aromatic N) is 3. The molecule has 8 heteroatoms. The monoisotopic (exact) mass is 427 g/mol. The van der Waals surface area contributed by atoms with Crippen molar-refractivity contribution in [2.75, 3.05) is 32.1 Å². The van der Waals surface area contributed by atoms with Gasteiger partial charge in [0.05, 0.1) is 10.2 Å². The zero-order valence-electron chi connectivity index (χ0n) is 15.0. The summed E-state index contributed by atoms with van der Waals surface area (Å²) >= 11 is 7.46. The number of benzene rings is 2. The van der Waals surface area contributed by atoms with Gasteiger partial charge in [-0.15, -0.1) is 12.4 Å². The normalized spacial score (nSPS) is 10.9. The van der Waals surface area contributed by atoms with Crippen molar-refractivity contribution in [3.05, 3.63) is 58.9 Å². The van der Waals surface area contributed by atoms with Gasteiger partial charge in [0, 0.05) is 17.1 Å². The Morgan fingerprint density at radius 2 is 1.96 bits per heavy atom. The molecule has 1 heterocycles. The van der Waals surface area contributed by atoms with Crippen molar-refractivity contribution >= 4 is 56.6 Å². The Morgan fingerprint density at radius 3 is 2.67 bits per heavy atom. The summed E-state index contributed by atoms with van der Waals surface area (Å²) in [5.74, 6) is -0.686. The summed E-state index contributed by atoms with van der Waals surface area (Å²) in [6.45, 7) is 1.34. The summed E-state index contributed by atoms with van der Waals surface area (Å²) < 4.78 is 14.5. The molecular formula is C19H20Cl2FN3OS. The van der Waals surface area contributed by atoms with Gasteiger partial charge in [-0.1, -0.05) is 29.0 Å². The molecular weight excluding hydrogens is 408 g/mol. The molecule has 0 spiro atoms. The molecule has 0 atom stereocenters. The van der Waals surface area contributed by atoms with Crippen molar-refractivity contribution in [3.8, 4) is 0 Å². The average Bonchev–Trinajstić information content (AvgIpc) is 3.00. The molecule has 4 nitrogen and oxygen atoms in total. The number of aromatic nitrogens is 1. The lowest BCUT2D eigenvalue weighted by atomic mass is 10.2. The van der Waals surface area contributed by atoms with Crippen molar-refractivity contribution in [3.63, 3.8) is 0 Å². The van der Waals surface area contributed by atoms with Gasteiger partial charge in [-0.3, -0.25) is 9.69 Å². The predicted octanol–water partition coefficient (Wildman–Crippen LogP) is 5.11. The van der Waals surface area contributed by atoms with Crippen LogP contribution in [0.3, 0.4) is 0 Å². The van der Waals surface area contributed by atoms with Crippen LogP contribution in [0.4, 0.5) is 9.52 Å². The number of hydrogen-bond donors (Lipinski definition) is 0. The quantitative estimate of drug-likeness (QED) is 0.548. The van der Waals surface area contributed by atoms with Gasteiger partial charge in [-0.2, -0.15) is 0 Å². The number of anilines is 1. The SMILES string of the molecule is CN(C)CCCN(C(=O)c1cccc(F)c1)c1nc2ccc(Cl)cc2s1.Cl. The summed E-state index contributed by atoms with van der Waals surface area (Å²) in [4.78, 5) is 21.3. The van der Waals surface area contributed by atoms with E-state index in [1.807, 2.05) is 26.2 Å². The van der Waals surface area contributed by atoms with E-state index in [1.54, 1.807) is 23.1 Å². The number of carbonyl (C=O) groups is 1. The van der Waals surface area contributed by atoms with Gasteiger partial charge >= 0.3 is 0 Å². The minimum atomic E-state index is -0.430. The molecule has 3 rings (SSSR count). The number of thiazole rings is 1. The molecule has 0 aliphatic rings. The number of rotatable bonds is 6. The van der Waals surface area contributed by atoms with Crippen LogP contribution >= 0.6 is 35.3 Å². The number of carbonyl (C=O) groups excluding carboxylic acids is 1. The smallest absolute Gasteiger partial charge is 0.260 e. The first-order chi connectivity index (χ1) is 12.4. The molecule has 144 valence electrons. The molecule has 2 aromatic carbocycles. The third kappa shape index (κ3) is 5.39. The van der Waals surface area contributed by atoms with Gasteiger partial charge in [-0.05, 0) is 63.5 Å². The van der Waals surface area contributed by atoms with Crippen LogP contribution < -0.4 is 4.90 Å². The van der Waals surface area contributed by atoms with Gasteiger partial charge in [-0.25, -0.2) is 9.37 Å². The van der Waals surface area contributed by atoms with Crippen molar-refractivity contribution < 1.29 is 9.18 Å². The van der Waals surface area contributed by atoms with E-state index < -0.39 is 5.82 Å². The largest absolute Gasteiger partial charge is 0.309 e. The minimum absolute atomic E-state index is 0. The Bertz CT molecular complexity index is 932. The molecule has 1 amide bonds. The van der Waals surface area contributed by atoms with Crippen molar-refractivity contribution in [1.82, 2.24) is 9.88 Å². The van der Waals surface area contributed by atoms with Crippen molar-refractivity contribution in [2.24, 2.45) is 0 Å². The molecule has 0 unspecified atom stereocenters. The number of halogens is 3. The fourth-order valence-corrected chi connectivity index (χ4v) is 3.87. The van der Waals surface area contributed by atoms with Crippen LogP contribution in [0.25, 0.3) is 10.2 Å². The summed E-state index contributed by atoms with van der Waals surface area (Å²) in [6, 6.07) is 11.2. The van der Waals surface area contributed by atoms with E-state index in [1.165, 1.54) is 23.5 Å². The fourth-order valence-electron chi connectivity index (χ4n) is 2.61. The van der Waals surface area contributed by atoms with E-state index in [0.717, 1.165) is 23.2 Å². The number of fused-ring (bicyclic) bond motifs is 1. The highest BCUT2D eigenvalue weighted by Crippen LogP contribution is 2.31. The number of hydrogen-bond acceptors (Lipinski definition) is 4. The van der Waals surface area contributed by atoms with E-state index in [-0.39, 0.29) is 18.3 Å². The van der Waals surface area contributed by atoms with Gasteiger partial charge in [0.25, 0.3) is 5.91 Å². The third-order valence-electron chi connectivity index (χ3n) is 3.87. The Morgan fingerprint density at radius 1 is 1.19 bits per heavy atom. The lowest BCUT2D eigenvalue weighted by Crippen LogP contribution is -2.33. The summed E-state index contributed by atoms with van der Waals surface area (Å²) in [7, 11) is 3.97. The molecule has 0 saturated heterocycles. The van der Waals surface area contributed by atoms with Gasteiger partial charge in [0.15, 0.2) is 5.13 Å². The van der Waals surface area contributed by atoms with Crippen molar-refractivity contribution in [1.29, 1.82) is 0 Å². The van der Waals surface area contributed by atoms with Crippen LogP contribution in [0.2, 0.25) is 5.02 Å². The Kier molecular flexibility index (Phi) is 7.56. The molecule has 1 aromatic heterocycles. The topological polar surface area (TPSA) is 36.4 Å². The maximum atomic E-state index is 13.6. The lowest BCUT2D eigenvalue weighted by Gasteiger charge is -2.21. The first-order valence-corrected chi connectivity index (χ1v) is 9.42. The van der Waals surface area contributed by atoms with Crippen LogP contribution in [0.15, 0.2) is 42.5 Å². The summed E-state index contributed by atoms with van der Waals surface area (Å²) in [5.41, 5.74) is 1.10. The fraction of sp³-hybridized carbons (Fsp3) is 0.263. The Hall–Kier alpha value is -1.73. The van der Waals surface area contributed by atoms with E-state index >= 15 is 0 Å². The Labute approximate surface area is 173 Å². The van der Waals surface area contributed by atoms with E-state index in [0.29, 0.717) is 22.3 Å². The second-order valence-electron chi connectivity index (χ2n) is 6.23. The molecule has 0 N–H and O–H groups in total. The van der Waals surface area contributed by atoms with Crippen LogP contribution in [0.1, 0.15) is 16.8 Å². The molecule has 0 saturated carbocycles. The molecule has 3 aromatic rings. The summed E-state index contributed by atoms with van der Waals surface area (Å²) in [5, 5.41) is 1.22. The predicted molar refractivity (Wildman–Crippen MR) is 113 cm³/mol. The van der Waals surface area contributed by atoms with Crippen LogP contribution in [-0.4, -0.2) is 43.0 Å². The molecule has 0 fully saturated rings. The van der Waals surface area contributed by atoms with E-state index in [4.69, 9.17) is 11.6 Å². The van der Waals surface area contributed by atoms with Gasteiger partial charge in [0.2, 0.25) is 0 Å². The molecule has 0 radical (unpaired) electrons.